The minimum Gasteiger partial charge on any atom is -0.454 e. The van der Waals surface area contributed by atoms with Crippen molar-refractivity contribution in [2.45, 2.75) is 12.8 Å². The topological polar surface area (TPSA) is 64.0 Å². The zero-order valence-electron chi connectivity index (χ0n) is 15.4. The van der Waals surface area contributed by atoms with Gasteiger partial charge < -0.3 is 23.8 Å². The molecule has 1 saturated heterocycles. The predicted octanol–water partition coefficient (Wildman–Crippen LogP) is 1.67. The molecule has 1 fully saturated rings. The molecule has 2 amide bonds. The van der Waals surface area contributed by atoms with Gasteiger partial charge in [-0.2, -0.15) is 0 Å². The van der Waals surface area contributed by atoms with Gasteiger partial charge in [0, 0.05) is 51.2 Å². The standard InChI is InChI=1S/C20H23N3O4/c1-21-8-5-15(13-21)11-19(24)22-6-2-7-23(10-9-22)20(25)16-3-4-17-18(12-16)27-14-26-17/h3-5,8,12-13H,2,6-7,9-11,14H2,1H3. The van der Waals surface area contributed by atoms with Crippen molar-refractivity contribution in [1.82, 2.24) is 14.4 Å². The van der Waals surface area contributed by atoms with Gasteiger partial charge in [0.15, 0.2) is 11.5 Å². The first-order valence-electron chi connectivity index (χ1n) is 9.18. The van der Waals surface area contributed by atoms with E-state index < -0.39 is 0 Å². The number of carbonyl (C=O) groups is 2. The number of amides is 2. The molecule has 1 aromatic heterocycles. The minimum atomic E-state index is -0.0364. The molecule has 0 radical (unpaired) electrons. The molecule has 27 heavy (non-hydrogen) atoms. The highest BCUT2D eigenvalue weighted by molar-refractivity contribution is 5.95. The number of hydrogen-bond acceptors (Lipinski definition) is 4. The zero-order chi connectivity index (χ0) is 18.8. The number of aromatic nitrogens is 1. The van der Waals surface area contributed by atoms with Gasteiger partial charge in [0.05, 0.1) is 6.42 Å². The summed E-state index contributed by atoms with van der Waals surface area (Å²) in [7, 11) is 1.94. The molecule has 0 saturated carbocycles. The summed E-state index contributed by atoms with van der Waals surface area (Å²) < 4.78 is 12.6. The third kappa shape index (κ3) is 3.77. The van der Waals surface area contributed by atoms with Crippen molar-refractivity contribution in [2.24, 2.45) is 7.05 Å². The normalized spacial score (nSPS) is 16.3. The summed E-state index contributed by atoms with van der Waals surface area (Å²) in [6.45, 7) is 2.60. The number of rotatable bonds is 3. The first-order chi connectivity index (χ1) is 13.1. The number of nitrogens with zero attached hydrogens (tertiary/aromatic N) is 3. The molecule has 7 nitrogen and oxygen atoms in total. The van der Waals surface area contributed by atoms with E-state index in [0.717, 1.165) is 12.0 Å². The van der Waals surface area contributed by atoms with Crippen LogP contribution in [0.2, 0.25) is 0 Å². The first-order valence-corrected chi connectivity index (χ1v) is 9.18. The van der Waals surface area contributed by atoms with E-state index in [2.05, 4.69) is 0 Å². The van der Waals surface area contributed by atoms with E-state index in [1.54, 1.807) is 18.2 Å². The maximum Gasteiger partial charge on any atom is 0.254 e. The lowest BCUT2D eigenvalue weighted by molar-refractivity contribution is -0.130. The van der Waals surface area contributed by atoms with Gasteiger partial charge in [-0.15, -0.1) is 0 Å². The number of hydrogen-bond donors (Lipinski definition) is 0. The quantitative estimate of drug-likeness (QED) is 0.826. The van der Waals surface area contributed by atoms with Crippen LogP contribution in [0, 0.1) is 0 Å². The molecule has 3 heterocycles. The van der Waals surface area contributed by atoms with Crippen LogP contribution in [0.15, 0.2) is 36.7 Å². The van der Waals surface area contributed by atoms with Gasteiger partial charge in [-0.1, -0.05) is 0 Å². The lowest BCUT2D eigenvalue weighted by atomic mass is 10.1. The Morgan fingerprint density at radius 2 is 1.78 bits per heavy atom. The third-order valence-electron chi connectivity index (χ3n) is 5.00. The van der Waals surface area contributed by atoms with Crippen LogP contribution in [-0.4, -0.2) is 59.2 Å². The van der Waals surface area contributed by atoms with Crippen molar-refractivity contribution in [2.75, 3.05) is 33.0 Å². The fourth-order valence-corrected chi connectivity index (χ4v) is 3.53. The van der Waals surface area contributed by atoms with Crippen molar-refractivity contribution in [3.05, 3.63) is 47.8 Å². The van der Waals surface area contributed by atoms with E-state index in [1.165, 1.54) is 0 Å². The Labute approximate surface area is 158 Å². The van der Waals surface area contributed by atoms with Crippen LogP contribution >= 0.6 is 0 Å². The molecule has 2 aliphatic heterocycles. The van der Waals surface area contributed by atoms with Crippen LogP contribution < -0.4 is 9.47 Å². The van der Waals surface area contributed by atoms with Crippen molar-refractivity contribution >= 4 is 11.8 Å². The number of ether oxygens (including phenoxy) is 2. The fraction of sp³-hybridized carbons (Fsp3) is 0.400. The summed E-state index contributed by atoms with van der Waals surface area (Å²) >= 11 is 0. The second-order valence-corrected chi connectivity index (χ2v) is 6.96. The summed E-state index contributed by atoms with van der Waals surface area (Å²) in [5.74, 6) is 1.35. The lowest BCUT2D eigenvalue weighted by Gasteiger charge is -2.22. The Hall–Kier alpha value is -2.96. The van der Waals surface area contributed by atoms with Gasteiger partial charge >= 0.3 is 0 Å². The van der Waals surface area contributed by atoms with Crippen LogP contribution in [-0.2, 0) is 18.3 Å². The van der Waals surface area contributed by atoms with E-state index in [1.807, 2.05) is 39.9 Å². The fourth-order valence-electron chi connectivity index (χ4n) is 3.53. The molecule has 0 atom stereocenters. The summed E-state index contributed by atoms with van der Waals surface area (Å²) in [6.07, 6.45) is 5.08. The molecule has 1 aromatic carbocycles. The lowest BCUT2D eigenvalue weighted by Crippen LogP contribution is -2.37. The van der Waals surface area contributed by atoms with Crippen LogP contribution in [0.25, 0.3) is 0 Å². The molecule has 2 aliphatic rings. The molecule has 0 spiro atoms. The molecule has 142 valence electrons. The van der Waals surface area contributed by atoms with Gasteiger partial charge in [0.25, 0.3) is 5.91 Å². The highest BCUT2D eigenvalue weighted by Gasteiger charge is 2.24. The van der Waals surface area contributed by atoms with Gasteiger partial charge in [-0.3, -0.25) is 9.59 Å². The number of fused-ring (bicyclic) bond motifs is 1. The van der Waals surface area contributed by atoms with Gasteiger partial charge in [0.1, 0.15) is 0 Å². The molecule has 4 rings (SSSR count). The van der Waals surface area contributed by atoms with Crippen molar-refractivity contribution in [3.8, 4) is 11.5 Å². The van der Waals surface area contributed by atoms with E-state index in [-0.39, 0.29) is 18.6 Å². The smallest absolute Gasteiger partial charge is 0.254 e. The largest absolute Gasteiger partial charge is 0.454 e. The highest BCUT2D eigenvalue weighted by Crippen LogP contribution is 2.32. The molecule has 0 unspecified atom stereocenters. The van der Waals surface area contributed by atoms with E-state index in [0.29, 0.717) is 49.7 Å². The molecule has 7 heteroatoms. The average Bonchev–Trinajstić information content (AvgIpc) is 3.21. The van der Waals surface area contributed by atoms with E-state index in [4.69, 9.17) is 9.47 Å². The van der Waals surface area contributed by atoms with Crippen molar-refractivity contribution in [1.29, 1.82) is 0 Å². The average molecular weight is 369 g/mol. The first kappa shape index (κ1) is 17.5. The monoisotopic (exact) mass is 369 g/mol. The predicted molar refractivity (Wildman–Crippen MR) is 98.8 cm³/mol. The summed E-state index contributed by atoms with van der Waals surface area (Å²) in [6, 6.07) is 7.22. The van der Waals surface area contributed by atoms with Crippen LogP contribution in [0.5, 0.6) is 11.5 Å². The van der Waals surface area contributed by atoms with Gasteiger partial charge in [0.2, 0.25) is 12.7 Å². The van der Waals surface area contributed by atoms with E-state index >= 15 is 0 Å². The molecular formula is C20H23N3O4. The van der Waals surface area contributed by atoms with E-state index in [9.17, 15) is 9.59 Å². The molecule has 0 bridgehead atoms. The van der Waals surface area contributed by atoms with Crippen LogP contribution in [0.1, 0.15) is 22.3 Å². The second kappa shape index (κ2) is 7.34. The molecular weight excluding hydrogens is 346 g/mol. The van der Waals surface area contributed by atoms with Crippen LogP contribution in [0.4, 0.5) is 0 Å². The SMILES string of the molecule is Cn1ccc(CC(=O)N2CCCN(C(=O)c3ccc4c(c3)OCO4)CC2)c1. The molecule has 0 aliphatic carbocycles. The molecule has 0 N–H and O–H groups in total. The number of benzene rings is 1. The Balaban J connectivity index is 1.38. The Morgan fingerprint density at radius 1 is 1.00 bits per heavy atom. The summed E-state index contributed by atoms with van der Waals surface area (Å²) in [5.41, 5.74) is 1.60. The Kier molecular flexibility index (Phi) is 4.75. The third-order valence-corrected chi connectivity index (χ3v) is 5.00. The van der Waals surface area contributed by atoms with Gasteiger partial charge in [-0.05, 0) is 36.2 Å². The highest BCUT2D eigenvalue weighted by atomic mass is 16.7. The molecule has 2 aromatic rings. The minimum absolute atomic E-state index is 0.0364. The second-order valence-electron chi connectivity index (χ2n) is 6.96. The maximum absolute atomic E-state index is 12.8. The van der Waals surface area contributed by atoms with Crippen molar-refractivity contribution < 1.29 is 19.1 Å². The van der Waals surface area contributed by atoms with Crippen molar-refractivity contribution in [3.63, 3.8) is 0 Å². The number of carbonyl (C=O) groups excluding carboxylic acids is 2. The summed E-state index contributed by atoms with van der Waals surface area (Å²) in [4.78, 5) is 29.1. The Bertz CT molecular complexity index is 861. The summed E-state index contributed by atoms with van der Waals surface area (Å²) in [5, 5.41) is 0. The Morgan fingerprint density at radius 3 is 2.59 bits per heavy atom. The number of aryl methyl sites for hydroxylation is 1. The van der Waals surface area contributed by atoms with Gasteiger partial charge in [-0.25, -0.2) is 0 Å². The van der Waals surface area contributed by atoms with Crippen LogP contribution in [0.3, 0.4) is 0 Å². The zero-order valence-corrected chi connectivity index (χ0v) is 15.4. The maximum atomic E-state index is 12.8.